The number of carboxylic acids is 1. The minimum absolute atomic E-state index is 0.0477. The fourth-order valence-corrected chi connectivity index (χ4v) is 6.38. The number of hydrogen-bond donors (Lipinski definition) is 2. The minimum Gasteiger partial charge on any atom is -0.477 e. The summed E-state index contributed by atoms with van der Waals surface area (Å²) in [5.41, 5.74) is 2.24. The van der Waals surface area contributed by atoms with Crippen molar-refractivity contribution in [2.24, 2.45) is 0 Å². The van der Waals surface area contributed by atoms with Gasteiger partial charge >= 0.3 is 12.1 Å². The third-order valence-corrected chi connectivity index (χ3v) is 8.58. The molecule has 42 heavy (non-hydrogen) atoms. The van der Waals surface area contributed by atoms with Crippen LogP contribution in [0.3, 0.4) is 0 Å². The third kappa shape index (κ3) is 5.67. The van der Waals surface area contributed by atoms with Crippen LogP contribution in [0.1, 0.15) is 46.7 Å². The van der Waals surface area contributed by atoms with E-state index in [4.69, 9.17) is 9.84 Å². The highest BCUT2D eigenvalue weighted by Gasteiger charge is 2.34. The van der Waals surface area contributed by atoms with Crippen LogP contribution in [0.15, 0.2) is 53.4 Å². The molecule has 7 nitrogen and oxygen atoms in total. The van der Waals surface area contributed by atoms with Crippen LogP contribution in [0.5, 0.6) is 0 Å². The number of nitrogens with one attached hydrogen (secondary N) is 1. The summed E-state index contributed by atoms with van der Waals surface area (Å²) >= 11 is 0.249. The van der Waals surface area contributed by atoms with Gasteiger partial charge in [0.15, 0.2) is 23.3 Å². The number of fused-ring (bicyclic) bond motifs is 3. The summed E-state index contributed by atoms with van der Waals surface area (Å²) in [6.07, 6.45) is 1.42. The monoisotopic (exact) mass is 602 g/mol. The Bertz CT molecular complexity index is 1470. The maximum Gasteiger partial charge on any atom is 0.407 e. The minimum atomic E-state index is -2.17. The van der Waals surface area contributed by atoms with E-state index in [0.29, 0.717) is 13.1 Å². The Morgan fingerprint density at radius 3 is 1.98 bits per heavy atom. The highest BCUT2D eigenvalue weighted by atomic mass is 32.2. The molecule has 3 aromatic rings. The molecule has 1 saturated heterocycles. The number of thioether (sulfide) groups is 1. The normalized spacial score (nSPS) is 15.1. The molecule has 0 bridgehead atoms. The number of carbonyl (C=O) groups excluding carboxylic acids is 2. The molecule has 1 heterocycles. The number of halogens is 4. The maximum atomic E-state index is 14.6. The van der Waals surface area contributed by atoms with E-state index in [-0.39, 0.29) is 24.3 Å². The van der Waals surface area contributed by atoms with Gasteiger partial charge in [0.25, 0.3) is 0 Å². The van der Waals surface area contributed by atoms with Gasteiger partial charge in [0.05, 0.1) is 4.90 Å². The first-order valence-corrected chi connectivity index (χ1v) is 14.3. The first-order chi connectivity index (χ1) is 20.2. The Labute approximate surface area is 242 Å². The third-order valence-electron chi connectivity index (χ3n) is 7.43. The van der Waals surface area contributed by atoms with E-state index in [1.54, 1.807) is 0 Å². The van der Waals surface area contributed by atoms with Gasteiger partial charge in [0.2, 0.25) is 5.91 Å². The quantitative estimate of drug-likeness (QED) is 0.188. The van der Waals surface area contributed by atoms with Crippen molar-refractivity contribution < 1.29 is 41.8 Å². The lowest BCUT2D eigenvalue weighted by molar-refractivity contribution is -0.133. The Kier molecular flexibility index (Phi) is 8.72. The number of carbonyl (C=O) groups is 3. The summed E-state index contributed by atoms with van der Waals surface area (Å²) in [6.45, 7) is 0.769. The van der Waals surface area contributed by atoms with Crippen molar-refractivity contribution in [3.05, 3.63) is 88.5 Å². The molecular formula is C30H26F4N2O5S. The number of aromatic carboxylic acids is 1. The average molecular weight is 603 g/mol. The molecule has 0 unspecified atom stereocenters. The molecule has 2 amide bonds. The van der Waals surface area contributed by atoms with Crippen molar-refractivity contribution in [3.63, 3.8) is 0 Å². The number of nitrogens with zero attached hydrogens (tertiary/aromatic N) is 1. The van der Waals surface area contributed by atoms with E-state index in [1.165, 1.54) is 4.90 Å². The molecule has 220 valence electrons. The van der Waals surface area contributed by atoms with Crippen molar-refractivity contribution in [1.82, 2.24) is 10.2 Å². The van der Waals surface area contributed by atoms with Gasteiger partial charge in [-0.3, -0.25) is 4.79 Å². The molecule has 1 atom stereocenters. The van der Waals surface area contributed by atoms with Gasteiger partial charge in [-0.2, -0.15) is 0 Å². The van der Waals surface area contributed by atoms with Crippen molar-refractivity contribution in [2.75, 3.05) is 25.4 Å². The topological polar surface area (TPSA) is 95.9 Å². The van der Waals surface area contributed by atoms with Gasteiger partial charge in [-0.15, -0.1) is 11.8 Å². The molecule has 0 radical (unpaired) electrons. The number of likely N-dealkylation sites (tertiary alicyclic amines) is 1. The summed E-state index contributed by atoms with van der Waals surface area (Å²) in [6, 6.07) is 14.1. The molecule has 5 rings (SSSR count). The first kappa shape index (κ1) is 29.4. The second-order valence-corrected chi connectivity index (χ2v) is 11.0. The lowest BCUT2D eigenvalue weighted by Crippen LogP contribution is -2.51. The summed E-state index contributed by atoms with van der Waals surface area (Å²) in [5, 5.41) is 11.4. The molecule has 1 fully saturated rings. The van der Waals surface area contributed by atoms with Crippen LogP contribution in [-0.2, 0) is 9.53 Å². The van der Waals surface area contributed by atoms with E-state index in [2.05, 4.69) is 5.32 Å². The standard InChI is InChI=1S/C30H26F4N2O5S/c31-23-22(29(38)39)24(32)26(34)27(25(23)33)42-15-21(28(37)36-12-6-1-7-13-36)35-30(40)41-14-20-18-10-4-2-8-16(18)17-9-3-5-11-19(17)20/h2-5,8-11,20-21H,1,6-7,12-15H2,(H,35,40)(H,38,39)/t21-/m0/s1. The zero-order valence-corrected chi connectivity index (χ0v) is 23.0. The SMILES string of the molecule is O=C(N[C@@H](CSc1c(F)c(F)c(C(=O)O)c(F)c1F)C(=O)N1CCCCC1)OCC1c2ccccc2-c2ccccc21. The lowest BCUT2D eigenvalue weighted by Gasteiger charge is -2.30. The second-order valence-electron chi connectivity index (χ2n) is 9.98. The molecule has 1 aliphatic carbocycles. The molecule has 3 aromatic carbocycles. The second kappa shape index (κ2) is 12.4. The van der Waals surface area contributed by atoms with Crippen LogP contribution in [0.2, 0.25) is 0 Å². The van der Waals surface area contributed by atoms with Crippen LogP contribution < -0.4 is 5.32 Å². The summed E-state index contributed by atoms with van der Waals surface area (Å²) in [5.74, 6) is -11.4. The van der Waals surface area contributed by atoms with Crippen LogP contribution in [0, 0.1) is 23.3 Å². The van der Waals surface area contributed by atoms with E-state index in [0.717, 1.165) is 41.5 Å². The predicted octanol–water partition coefficient (Wildman–Crippen LogP) is 5.95. The molecule has 12 heteroatoms. The van der Waals surface area contributed by atoms with Crippen molar-refractivity contribution in [3.8, 4) is 11.1 Å². The van der Waals surface area contributed by atoms with Crippen LogP contribution in [0.25, 0.3) is 11.1 Å². The van der Waals surface area contributed by atoms with Gasteiger partial charge in [-0.25, -0.2) is 27.2 Å². The Morgan fingerprint density at radius 2 is 1.43 bits per heavy atom. The number of carboxylic acid groups (broad SMARTS) is 1. The van der Waals surface area contributed by atoms with Gasteiger partial charge < -0.3 is 20.1 Å². The Balaban J connectivity index is 1.33. The smallest absolute Gasteiger partial charge is 0.407 e. The van der Waals surface area contributed by atoms with Gasteiger partial charge in [0, 0.05) is 24.8 Å². The van der Waals surface area contributed by atoms with Gasteiger partial charge in [0.1, 0.15) is 18.2 Å². The van der Waals surface area contributed by atoms with Crippen molar-refractivity contribution in [1.29, 1.82) is 0 Å². The highest BCUT2D eigenvalue weighted by Crippen LogP contribution is 2.44. The molecule has 0 spiro atoms. The van der Waals surface area contributed by atoms with E-state index in [1.807, 2.05) is 48.5 Å². The lowest BCUT2D eigenvalue weighted by atomic mass is 9.98. The highest BCUT2D eigenvalue weighted by molar-refractivity contribution is 7.99. The van der Waals surface area contributed by atoms with Crippen LogP contribution in [0.4, 0.5) is 22.4 Å². The van der Waals surface area contributed by atoms with Crippen molar-refractivity contribution >= 4 is 29.7 Å². The average Bonchev–Trinajstić information content (AvgIpc) is 3.32. The molecular weight excluding hydrogens is 576 g/mol. The predicted molar refractivity (Wildman–Crippen MR) is 146 cm³/mol. The van der Waals surface area contributed by atoms with E-state index < -0.39 is 63.5 Å². The summed E-state index contributed by atoms with van der Waals surface area (Å²) in [7, 11) is 0. The summed E-state index contributed by atoms with van der Waals surface area (Å²) < 4.78 is 63.2. The summed E-state index contributed by atoms with van der Waals surface area (Å²) in [4.78, 5) is 37.7. The molecule has 2 N–H and O–H groups in total. The number of benzene rings is 3. The first-order valence-electron chi connectivity index (χ1n) is 13.3. The number of ether oxygens (including phenoxy) is 1. The zero-order chi connectivity index (χ0) is 30.0. The zero-order valence-electron chi connectivity index (χ0n) is 22.2. The molecule has 1 aliphatic heterocycles. The molecule has 2 aliphatic rings. The number of amides is 2. The van der Waals surface area contributed by atoms with Crippen LogP contribution in [-0.4, -0.2) is 59.5 Å². The largest absolute Gasteiger partial charge is 0.477 e. The fourth-order valence-electron chi connectivity index (χ4n) is 5.38. The maximum absolute atomic E-state index is 14.6. The van der Waals surface area contributed by atoms with E-state index in [9.17, 15) is 31.9 Å². The van der Waals surface area contributed by atoms with Crippen LogP contribution >= 0.6 is 11.8 Å². The van der Waals surface area contributed by atoms with Gasteiger partial charge in [-0.05, 0) is 41.5 Å². The molecule has 0 saturated carbocycles. The Hall–Kier alpha value is -4.06. The molecule has 0 aromatic heterocycles. The van der Waals surface area contributed by atoms with Crippen molar-refractivity contribution in [2.45, 2.75) is 36.1 Å². The number of rotatable bonds is 8. The fraction of sp³-hybridized carbons (Fsp3) is 0.300. The Morgan fingerprint density at radius 1 is 0.881 bits per heavy atom. The van der Waals surface area contributed by atoms with E-state index >= 15 is 0 Å². The number of hydrogen-bond acceptors (Lipinski definition) is 5. The van der Waals surface area contributed by atoms with Gasteiger partial charge in [-0.1, -0.05) is 48.5 Å². The number of alkyl carbamates (subject to hydrolysis) is 1. The number of piperidine rings is 1.